The van der Waals surface area contributed by atoms with Crippen molar-refractivity contribution in [2.45, 2.75) is 111 Å². The Morgan fingerprint density at radius 1 is 1.12 bits per heavy atom. The first-order valence-electron chi connectivity index (χ1n) is 15.3. The molecule has 40 heavy (non-hydrogen) atoms. The summed E-state index contributed by atoms with van der Waals surface area (Å²) in [7, 11) is 0. The molecule has 220 valence electrons. The van der Waals surface area contributed by atoms with E-state index in [1.54, 1.807) is 12.5 Å². The van der Waals surface area contributed by atoms with E-state index >= 15 is 0 Å². The van der Waals surface area contributed by atoms with E-state index in [1.165, 1.54) is 19.3 Å². The third-order valence-corrected chi connectivity index (χ3v) is 8.88. The van der Waals surface area contributed by atoms with Crippen LogP contribution in [0.25, 0.3) is 6.08 Å². The van der Waals surface area contributed by atoms with Crippen LogP contribution in [-0.2, 0) is 9.59 Å². The molecule has 1 saturated carbocycles. The average Bonchev–Trinajstić information content (AvgIpc) is 3.39. The first kappa shape index (κ1) is 32.0. The molecule has 1 amide bonds. The quantitative estimate of drug-likeness (QED) is 0.201. The SMILES string of the molecule is CC[C@@H](C[C@H](O)[C@H](CC1CCCCC1)[N@@+]1(NC(=O)C(=Cc2ccccc2)CC(=O)C(C)(C)C)C=CN=C1)C(C)C. The minimum absolute atomic E-state index is 0.00326. The Labute approximate surface area is 242 Å². The number of quaternary nitrogens is 1. The molecule has 2 aliphatic rings. The Hall–Kier alpha value is -2.57. The van der Waals surface area contributed by atoms with Crippen LogP contribution in [0.5, 0.6) is 0 Å². The molecule has 0 spiro atoms. The van der Waals surface area contributed by atoms with Gasteiger partial charge in [0.2, 0.25) is 6.34 Å². The van der Waals surface area contributed by atoms with Crippen LogP contribution >= 0.6 is 0 Å². The van der Waals surface area contributed by atoms with Crippen LogP contribution in [0, 0.1) is 23.2 Å². The topological polar surface area (TPSA) is 78.8 Å². The van der Waals surface area contributed by atoms with E-state index in [-0.39, 0.29) is 28.7 Å². The molecule has 6 nitrogen and oxygen atoms in total. The zero-order chi connectivity index (χ0) is 29.3. The van der Waals surface area contributed by atoms with Crippen molar-refractivity contribution in [1.82, 2.24) is 5.43 Å². The zero-order valence-electron chi connectivity index (χ0n) is 25.6. The Balaban J connectivity index is 1.96. The summed E-state index contributed by atoms with van der Waals surface area (Å²) in [5.41, 5.74) is 3.96. The standard InChI is InChI=1S/C34H51N3O3/c1-7-28(25(2)3)22-31(38)30(21-27-16-12-9-13-17-27)37(19-18-35-24-37)36-33(40)29(23-32(39)34(4,5)6)20-26-14-10-8-11-15-26/h8,10-11,14-15,18-20,24-25,27-28,30-31,38H,7,9,12-13,16-17,21-23H2,1-6H3/p+1/t28-,30-,31-,37+/m0/s1. The number of hydrogen-bond donors (Lipinski definition) is 2. The van der Waals surface area contributed by atoms with Gasteiger partial charge >= 0.3 is 0 Å². The van der Waals surface area contributed by atoms with Crippen molar-refractivity contribution in [3.8, 4) is 0 Å². The Morgan fingerprint density at radius 2 is 1.80 bits per heavy atom. The molecule has 1 heterocycles. The van der Waals surface area contributed by atoms with E-state index in [0.717, 1.165) is 31.2 Å². The number of hydrogen-bond acceptors (Lipinski definition) is 4. The van der Waals surface area contributed by atoms with Gasteiger partial charge in [0.25, 0.3) is 5.91 Å². The van der Waals surface area contributed by atoms with E-state index < -0.39 is 11.5 Å². The maximum Gasteiger partial charge on any atom is 0.293 e. The fourth-order valence-corrected chi connectivity index (χ4v) is 6.07. The normalized spacial score (nSPS) is 22.4. The molecule has 2 N–H and O–H groups in total. The molecule has 0 bridgehead atoms. The number of Topliss-reactive ketones (excluding diaryl/α,β-unsaturated/α-hetero) is 1. The lowest BCUT2D eigenvalue weighted by atomic mass is 9.80. The number of nitrogens with one attached hydrogen (secondary N) is 1. The van der Waals surface area contributed by atoms with Crippen molar-refractivity contribution in [2.24, 2.45) is 28.2 Å². The van der Waals surface area contributed by atoms with Gasteiger partial charge in [0.1, 0.15) is 24.1 Å². The van der Waals surface area contributed by atoms with Gasteiger partial charge < -0.3 is 5.11 Å². The van der Waals surface area contributed by atoms with E-state index in [9.17, 15) is 14.7 Å². The van der Waals surface area contributed by atoms with Gasteiger partial charge in [-0.1, -0.05) is 110 Å². The lowest BCUT2D eigenvalue weighted by molar-refractivity contribution is -0.850. The molecule has 1 aromatic carbocycles. The van der Waals surface area contributed by atoms with E-state index in [0.29, 0.717) is 29.7 Å². The number of benzene rings is 1. The Bertz CT molecular complexity index is 1050. The molecular formula is C34H52N3O3+. The smallest absolute Gasteiger partial charge is 0.293 e. The molecule has 0 radical (unpaired) electrons. The number of rotatable bonds is 13. The summed E-state index contributed by atoms with van der Waals surface area (Å²) >= 11 is 0. The fourth-order valence-electron chi connectivity index (χ4n) is 6.07. The number of ketones is 1. The van der Waals surface area contributed by atoms with Gasteiger partial charge in [-0.25, -0.2) is 4.99 Å². The summed E-state index contributed by atoms with van der Waals surface area (Å²) in [6.45, 7) is 12.3. The lowest BCUT2D eigenvalue weighted by Crippen LogP contribution is -2.64. The second-order valence-electron chi connectivity index (χ2n) is 13.3. The first-order valence-corrected chi connectivity index (χ1v) is 15.3. The lowest BCUT2D eigenvalue weighted by Gasteiger charge is -2.40. The Kier molecular flexibility index (Phi) is 11.5. The predicted molar refractivity (Wildman–Crippen MR) is 164 cm³/mol. The summed E-state index contributed by atoms with van der Waals surface area (Å²) in [6.07, 6.45) is 15.1. The van der Waals surface area contributed by atoms with Crippen LogP contribution in [0.3, 0.4) is 0 Å². The number of aliphatic hydroxyl groups excluding tert-OH is 1. The number of aliphatic hydroxyl groups is 1. The molecule has 1 aliphatic heterocycles. The molecule has 4 atom stereocenters. The van der Waals surface area contributed by atoms with Gasteiger partial charge in [-0.2, -0.15) is 5.43 Å². The summed E-state index contributed by atoms with van der Waals surface area (Å²) < 4.78 is -0.0269. The molecule has 1 aromatic rings. The fraction of sp³-hybridized carbons (Fsp3) is 0.618. The summed E-state index contributed by atoms with van der Waals surface area (Å²) in [5, 5.41) is 11.8. The van der Waals surface area contributed by atoms with Crippen LogP contribution < -0.4 is 5.43 Å². The maximum atomic E-state index is 14.1. The largest absolute Gasteiger partial charge is 0.387 e. The molecule has 3 rings (SSSR count). The minimum Gasteiger partial charge on any atom is -0.387 e. The highest BCUT2D eigenvalue weighted by atomic mass is 16.3. The van der Waals surface area contributed by atoms with Gasteiger partial charge in [0.05, 0.1) is 6.20 Å². The third-order valence-electron chi connectivity index (χ3n) is 8.88. The number of aliphatic imine (C=N–C) groups is 1. The second-order valence-corrected chi connectivity index (χ2v) is 13.3. The molecule has 1 aliphatic carbocycles. The van der Waals surface area contributed by atoms with Crippen molar-refractivity contribution in [3.63, 3.8) is 0 Å². The number of nitrogens with zero attached hydrogens (tertiary/aromatic N) is 2. The minimum atomic E-state index is -0.610. The maximum absolute atomic E-state index is 14.1. The second kappa shape index (κ2) is 14.4. The van der Waals surface area contributed by atoms with E-state index in [2.05, 4.69) is 31.2 Å². The molecule has 0 aromatic heterocycles. The molecule has 1 fully saturated rings. The third kappa shape index (κ3) is 8.71. The van der Waals surface area contributed by atoms with Crippen LogP contribution in [0.15, 0.2) is 53.3 Å². The molecule has 6 heteroatoms. The predicted octanol–water partition coefficient (Wildman–Crippen LogP) is 7.21. The van der Waals surface area contributed by atoms with Crippen molar-refractivity contribution >= 4 is 24.1 Å². The van der Waals surface area contributed by atoms with Gasteiger partial charge in [0, 0.05) is 23.8 Å². The Morgan fingerprint density at radius 3 is 2.35 bits per heavy atom. The van der Waals surface area contributed by atoms with Crippen molar-refractivity contribution in [1.29, 1.82) is 0 Å². The van der Waals surface area contributed by atoms with E-state index in [1.807, 2.05) is 63.4 Å². The monoisotopic (exact) mass is 550 g/mol. The van der Waals surface area contributed by atoms with Gasteiger partial charge in [-0.3, -0.25) is 9.59 Å². The van der Waals surface area contributed by atoms with Crippen LogP contribution in [0.2, 0.25) is 0 Å². The highest BCUT2D eigenvalue weighted by Gasteiger charge is 2.45. The van der Waals surface area contributed by atoms with Crippen LogP contribution in [-0.4, -0.2) is 39.9 Å². The van der Waals surface area contributed by atoms with Crippen LogP contribution in [0.1, 0.15) is 105 Å². The van der Waals surface area contributed by atoms with Gasteiger partial charge in [0.15, 0.2) is 0 Å². The summed E-state index contributed by atoms with van der Waals surface area (Å²) in [4.78, 5) is 31.6. The van der Waals surface area contributed by atoms with Gasteiger partial charge in [-0.05, 0) is 35.8 Å². The molecule has 0 saturated heterocycles. The van der Waals surface area contributed by atoms with Gasteiger partial charge in [-0.15, -0.1) is 4.59 Å². The first-order chi connectivity index (χ1) is 18.9. The molecular weight excluding hydrogens is 498 g/mol. The summed E-state index contributed by atoms with van der Waals surface area (Å²) in [5.74, 6) is 1.05. The van der Waals surface area contributed by atoms with Crippen molar-refractivity contribution < 1.29 is 19.3 Å². The summed E-state index contributed by atoms with van der Waals surface area (Å²) in [6, 6.07) is 9.38. The van der Waals surface area contributed by atoms with Crippen LogP contribution in [0.4, 0.5) is 0 Å². The number of amides is 1. The highest BCUT2D eigenvalue weighted by molar-refractivity contribution is 6.03. The average molecular weight is 551 g/mol. The molecule has 0 unspecified atom stereocenters. The zero-order valence-corrected chi connectivity index (χ0v) is 25.6. The van der Waals surface area contributed by atoms with Crippen molar-refractivity contribution in [3.05, 3.63) is 53.9 Å². The van der Waals surface area contributed by atoms with E-state index in [4.69, 9.17) is 0 Å². The highest BCUT2D eigenvalue weighted by Crippen LogP contribution is 2.35. The number of carbonyl (C=O) groups is 2. The van der Waals surface area contributed by atoms with Crippen molar-refractivity contribution in [2.75, 3.05) is 0 Å². The number of carbonyl (C=O) groups excluding carboxylic acids is 2.